The van der Waals surface area contributed by atoms with Crippen LogP contribution in [0.3, 0.4) is 0 Å². The molecule has 0 spiro atoms. The molecular weight excluding hydrogens is 220 g/mol. The first-order valence-corrected chi connectivity index (χ1v) is 7.00. The molecule has 1 aromatic rings. The van der Waals surface area contributed by atoms with E-state index in [1.807, 2.05) is 18.5 Å². The van der Waals surface area contributed by atoms with Crippen molar-refractivity contribution >= 4 is 0 Å². The van der Waals surface area contributed by atoms with E-state index < -0.39 is 0 Å². The summed E-state index contributed by atoms with van der Waals surface area (Å²) in [5.74, 6) is 1.74. The highest BCUT2D eigenvalue weighted by Crippen LogP contribution is 2.38. The van der Waals surface area contributed by atoms with E-state index in [4.69, 9.17) is 0 Å². The highest BCUT2D eigenvalue weighted by molar-refractivity contribution is 5.05. The van der Waals surface area contributed by atoms with Crippen LogP contribution in [-0.2, 0) is 5.41 Å². The van der Waals surface area contributed by atoms with Crippen molar-refractivity contribution in [2.75, 3.05) is 0 Å². The summed E-state index contributed by atoms with van der Waals surface area (Å²) in [6, 6.07) is 1.88. The normalized spacial score (nSPS) is 13.1. The molecule has 102 valence electrons. The van der Waals surface area contributed by atoms with Crippen LogP contribution in [0.15, 0.2) is 18.5 Å². The Morgan fingerprint density at radius 1 is 1.06 bits per heavy atom. The minimum absolute atomic E-state index is 0.0434. The highest BCUT2D eigenvalue weighted by atomic mass is 14.9. The quantitative estimate of drug-likeness (QED) is 0.735. The van der Waals surface area contributed by atoms with Gasteiger partial charge in [-0.15, -0.1) is 0 Å². The van der Waals surface area contributed by atoms with Crippen LogP contribution in [0.4, 0.5) is 0 Å². The maximum absolute atomic E-state index is 4.42. The smallest absolute Gasteiger partial charge is 0.133 e. The second kappa shape index (κ2) is 5.81. The van der Waals surface area contributed by atoms with Gasteiger partial charge in [0.2, 0.25) is 0 Å². The second-order valence-corrected chi connectivity index (χ2v) is 7.23. The van der Waals surface area contributed by atoms with Gasteiger partial charge in [0, 0.05) is 17.8 Å². The van der Waals surface area contributed by atoms with Gasteiger partial charge in [0.15, 0.2) is 0 Å². The van der Waals surface area contributed by atoms with Crippen LogP contribution in [0, 0.1) is 11.3 Å². The maximum Gasteiger partial charge on any atom is 0.133 e. The topological polar surface area (TPSA) is 25.8 Å². The van der Waals surface area contributed by atoms with Crippen molar-refractivity contribution in [2.24, 2.45) is 11.3 Å². The molecule has 0 aliphatic carbocycles. The van der Waals surface area contributed by atoms with Gasteiger partial charge in [-0.2, -0.15) is 0 Å². The Balaban J connectivity index is 2.70. The standard InChI is InChI=1S/C16H28N2/c1-13(2)8-9-15(3,4)12-16(5,6)14-17-10-7-11-18-14/h7,10-11,13H,8-9,12H2,1-6H3. The zero-order chi connectivity index (χ0) is 13.8. The molecule has 1 heterocycles. The molecule has 1 rings (SSSR count). The Bertz CT molecular complexity index is 353. The zero-order valence-electron chi connectivity index (χ0n) is 12.8. The number of aromatic nitrogens is 2. The van der Waals surface area contributed by atoms with Crippen LogP contribution in [0.5, 0.6) is 0 Å². The monoisotopic (exact) mass is 248 g/mol. The molecule has 0 N–H and O–H groups in total. The van der Waals surface area contributed by atoms with Gasteiger partial charge in [-0.3, -0.25) is 0 Å². The van der Waals surface area contributed by atoms with Crippen LogP contribution in [0.25, 0.3) is 0 Å². The Morgan fingerprint density at radius 2 is 1.61 bits per heavy atom. The van der Waals surface area contributed by atoms with E-state index in [1.165, 1.54) is 12.8 Å². The lowest BCUT2D eigenvalue weighted by atomic mass is 9.71. The van der Waals surface area contributed by atoms with Crippen molar-refractivity contribution in [1.82, 2.24) is 9.97 Å². The number of hydrogen-bond acceptors (Lipinski definition) is 2. The van der Waals surface area contributed by atoms with E-state index >= 15 is 0 Å². The predicted molar refractivity (Wildman–Crippen MR) is 77.5 cm³/mol. The van der Waals surface area contributed by atoms with E-state index in [-0.39, 0.29) is 5.41 Å². The third-order valence-corrected chi connectivity index (χ3v) is 3.49. The predicted octanol–water partition coefficient (Wildman–Crippen LogP) is 4.61. The van der Waals surface area contributed by atoms with Gasteiger partial charge in [0.05, 0.1) is 0 Å². The van der Waals surface area contributed by atoms with Crippen molar-refractivity contribution < 1.29 is 0 Å². The lowest BCUT2D eigenvalue weighted by molar-refractivity contribution is 0.218. The summed E-state index contributed by atoms with van der Waals surface area (Å²) in [6.07, 6.45) is 7.35. The highest BCUT2D eigenvalue weighted by Gasteiger charge is 2.31. The maximum atomic E-state index is 4.42. The van der Waals surface area contributed by atoms with Crippen molar-refractivity contribution in [3.63, 3.8) is 0 Å². The third kappa shape index (κ3) is 4.75. The first kappa shape index (κ1) is 15.1. The van der Waals surface area contributed by atoms with Crippen LogP contribution in [-0.4, -0.2) is 9.97 Å². The molecule has 0 fully saturated rings. The first-order chi connectivity index (χ1) is 8.23. The minimum Gasteiger partial charge on any atom is -0.241 e. The molecular formula is C16H28N2. The molecule has 0 aliphatic heterocycles. The molecule has 0 atom stereocenters. The summed E-state index contributed by atoms with van der Waals surface area (Å²) >= 11 is 0. The number of nitrogens with zero attached hydrogens (tertiary/aromatic N) is 2. The second-order valence-electron chi connectivity index (χ2n) is 7.23. The van der Waals surface area contributed by atoms with Crippen molar-refractivity contribution in [3.05, 3.63) is 24.3 Å². The summed E-state index contributed by atoms with van der Waals surface area (Å²) in [5, 5.41) is 0. The van der Waals surface area contributed by atoms with Gasteiger partial charge < -0.3 is 0 Å². The summed E-state index contributed by atoms with van der Waals surface area (Å²) in [4.78, 5) is 8.84. The largest absolute Gasteiger partial charge is 0.241 e. The molecule has 2 heteroatoms. The van der Waals surface area contributed by atoms with Gasteiger partial charge in [-0.25, -0.2) is 9.97 Å². The van der Waals surface area contributed by atoms with Crippen LogP contribution >= 0.6 is 0 Å². The third-order valence-electron chi connectivity index (χ3n) is 3.49. The Morgan fingerprint density at radius 3 is 2.11 bits per heavy atom. The summed E-state index contributed by atoms with van der Waals surface area (Å²) in [7, 11) is 0. The van der Waals surface area contributed by atoms with E-state index in [2.05, 4.69) is 51.5 Å². The average Bonchev–Trinajstić information content (AvgIpc) is 2.26. The zero-order valence-corrected chi connectivity index (χ0v) is 12.8. The van der Waals surface area contributed by atoms with Crippen molar-refractivity contribution in [2.45, 2.75) is 66.2 Å². The number of rotatable bonds is 6. The summed E-state index contributed by atoms with van der Waals surface area (Å²) < 4.78 is 0. The molecule has 1 aromatic heterocycles. The molecule has 0 aromatic carbocycles. The Hall–Kier alpha value is -0.920. The van der Waals surface area contributed by atoms with E-state index in [0.29, 0.717) is 5.41 Å². The van der Waals surface area contributed by atoms with Gasteiger partial charge in [-0.1, -0.05) is 48.0 Å². The first-order valence-electron chi connectivity index (χ1n) is 7.00. The van der Waals surface area contributed by atoms with Crippen LogP contribution in [0.2, 0.25) is 0 Å². The molecule has 0 saturated carbocycles. The SMILES string of the molecule is CC(C)CCC(C)(C)CC(C)(C)c1ncccn1. The molecule has 0 aliphatic rings. The van der Waals surface area contributed by atoms with Gasteiger partial charge in [-0.05, 0) is 30.2 Å². The Labute approximate surface area is 112 Å². The van der Waals surface area contributed by atoms with Crippen LogP contribution < -0.4 is 0 Å². The average molecular weight is 248 g/mol. The molecule has 0 amide bonds. The van der Waals surface area contributed by atoms with Gasteiger partial charge in [0.1, 0.15) is 5.82 Å². The Kier molecular flexibility index (Phi) is 4.89. The molecule has 0 unspecified atom stereocenters. The van der Waals surface area contributed by atoms with Crippen molar-refractivity contribution in [1.29, 1.82) is 0 Å². The fraction of sp³-hybridized carbons (Fsp3) is 0.750. The molecule has 18 heavy (non-hydrogen) atoms. The van der Waals surface area contributed by atoms with E-state index in [0.717, 1.165) is 18.2 Å². The summed E-state index contributed by atoms with van der Waals surface area (Å²) in [6.45, 7) is 13.8. The van der Waals surface area contributed by atoms with Gasteiger partial charge in [0.25, 0.3) is 0 Å². The molecule has 2 nitrogen and oxygen atoms in total. The summed E-state index contributed by atoms with van der Waals surface area (Å²) in [5.41, 5.74) is 0.384. The minimum atomic E-state index is 0.0434. The molecule has 0 saturated heterocycles. The molecule has 0 radical (unpaired) electrons. The lowest BCUT2D eigenvalue weighted by Gasteiger charge is -2.34. The van der Waals surface area contributed by atoms with E-state index in [1.54, 1.807) is 0 Å². The van der Waals surface area contributed by atoms with E-state index in [9.17, 15) is 0 Å². The fourth-order valence-electron chi connectivity index (χ4n) is 2.69. The number of hydrogen-bond donors (Lipinski definition) is 0. The molecule has 0 bridgehead atoms. The lowest BCUT2D eigenvalue weighted by Crippen LogP contribution is -2.29. The van der Waals surface area contributed by atoms with Gasteiger partial charge >= 0.3 is 0 Å². The van der Waals surface area contributed by atoms with Crippen molar-refractivity contribution in [3.8, 4) is 0 Å². The fourth-order valence-corrected chi connectivity index (χ4v) is 2.69. The van der Waals surface area contributed by atoms with Crippen LogP contribution in [0.1, 0.15) is 66.6 Å².